The quantitative estimate of drug-likeness (QED) is 0.0486. The van der Waals surface area contributed by atoms with Gasteiger partial charge < -0.3 is 9.84 Å². The van der Waals surface area contributed by atoms with Crippen LogP contribution >= 0.6 is 0 Å². The monoisotopic (exact) mass is 779 g/mol. The van der Waals surface area contributed by atoms with Crippen LogP contribution < -0.4 is 0 Å². The summed E-state index contributed by atoms with van der Waals surface area (Å²) in [6.45, 7) is 24.1. The zero-order valence-corrected chi connectivity index (χ0v) is 38.3. The predicted molar refractivity (Wildman–Crippen MR) is 249 cm³/mol. The largest absolute Gasteiger partial charge is 0.458 e. The average molecular weight is 779 g/mol. The molecule has 0 aromatic heterocycles. The molecule has 0 heterocycles. The van der Waals surface area contributed by atoms with Crippen molar-refractivity contribution in [1.29, 1.82) is 0 Å². The smallest absolute Gasteiger partial charge is 0.306 e. The number of hydrogen-bond acceptors (Lipinski definition) is 3. The fourth-order valence-electron chi connectivity index (χ4n) is 8.35. The van der Waals surface area contributed by atoms with E-state index >= 15 is 0 Å². The second-order valence-corrected chi connectivity index (χ2v) is 18.5. The second-order valence-electron chi connectivity index (χ2n) is 18.5. The molecule has 1 N–H and O–H groups in total. The first-order valence-corrected chi connectivity index (χ1v) is 22.4. The highest BCUT2D eigenvalue weighted by Gasteiger charge is 2.36. The fraction of sp³-hybridized carbons (Fsp3) is 0.574. The molecule has 0 saturated carbocycles. The second kappa shape index (κ2) is 26.5. The minimum Gasteiger partial charge on any atom is -0.458 e. The Morgan fingerprint density at radius 1 is 0.702 bits per heavy atom. The molecule has 0 bridgehead atoms. The molecule has 3 atom stereocenters. The molecule has 3 heteroatoms. The molecular formula is C54H82O3. The first-order valence-electron chi connectivity index (χ1n) is 22.4. The van der Waals surface area contributed by atoms with Crippen LogP contribution in [0.4, 0.5) is 0 Å². The number of aliphatic hydroxyl groups excluding tert-OH is 1. The molecule has 0 amide bonds. The Bertz CT molecular complexity index is 1590. The molecule has 0 spiro atoms. The van der Waals surface area contributed by atoms with E-state index in [0.717, 1.165) is 32.1 Å². The van der Waals surface area contributed by atoms with Crippen LogP contribution in [0.2, 0.25) is 0 Å². The van der Waals surface area contributed by atoms with Gasteiger partial charge in [-0.05, 0) is 89.7 Å². The van der Waals surface area contributed by atoms with Crippen molar-refractivity contribution < 1.29 is 14.6 Å². The minimum atomic E-state index is -0.233. The lowest BCUT2D eigenvalue weighted by atomic mass is 9.67. The number of carbonyl (C=O) groups is 1. The molecule has 0 aromatic carbocycles. The summed E-state index contributed by atoms with van der Waals surface area (Å²) >= 11 is 0. The molecule has 2 aliphatic rings. The first-order chi connectivity index (χ1) is 27.0. The number of carbonyl (C=O) groups excluding carboxylic acids is 1. The van der Waals surface area contributed by atoms with Crippen molar-refractivity contribution in [3.05, 3.63) is 130 Å². The van der Waals surface area contributed by atoms with Gasteiger partial charge in [0.1, 0.15) is 6.10 Å². The van der Waals surface area contributed by atoms with Crippen molar-refractivity contribution in [3.8, 4) is 0 Å². The summed E-state index contributed by atoms with van der Waals surface area (Å²) in [5.41, 5.74) is 8.68. The van der Waals surface area contributed by atoms with Crippen molar-refractivity contribution in [2.45, 2.75) is 185 Å². The number of allylic oxidation sites excluding steroid dienone is 20. The lowest BCUT2D eigenvalue weighted by Gasteiger charge is -2.40. The summed E-state index contributed by atoms with van der Waals surface area (Å²) in [6, 6.07) is 0. The molecule has 0 radical (unpaired) electrons. The third-order valence-corrected chi connectivity index (χ3v) is 11.6. The summed E-state index contributed by atoms with van der Waals surface area (Å²) < 4.78 is 5.96. The van der Waals surface area contributed by atoms with Crippen molar-refractivity contribution in [1.82, 2.24) is 0 Å². The van der Waals surface area contributed by atoms with Crippen molar-refractivity contribution in [3.63, 3.8) is 0 Å². The Kier molecular flexibility index (Phi) is 23.2. The van der Waals surface area contributed by atoms with Gasteiger partial charge in [0.05, 0.1) is 6.10 Å². The zero-order chi connectivity index (χ0) is 42.3. The van der Waals surface area contributed by atoms with Crippen LogP contribution in [0.5, 0.6) is 0 Å². The average Bonchev–Trinajstić information content (AvgIpc) is 3.11. The molecule has 0 aliphatic heterocycles. The van der Waals surface area contributed by atoms with Gasteiger partial charge in [0.15, 0.2) is 0 Å². The van der Waals surface area contributed by atoms with Gasteiger partial charge in [-0.1, -0.05) is 217 Å². The number of esters is 1. The molecule has 57 heavy (non-hydrogen) atoms. The van der Waals surface area contributed by atoms with Crippen LogP contribution in [-0.4, -0.2) is 23.3 Å². The van der Waals surface area contributed by atoms with Crippen LogP contribution in [0, 0.1) is 16.7 Å². The Hall–Kier alpha value is -3.43. The maximum Gasteiger partial charge on any atom is 0.306 e. The lowest BCUT2D eigenvalue weighted by molar-refractivity contribution is -0.148. The van der Waals surface area contributed by atoms with E-state index in [2.05, 4.69) is 167 Å². The Labute approximate surface area is 351 Å². The molecule has 3 unspecified atom stereocenters. The molecule has 0 saturated heterocycles. The summed E-state index contributed by atoms with van der Waals surface area (Å²) in [6.07, 6.45) is 49.0. The number of unbranched alkanes of at least 4 members (excludes halogenated alkanes) is 10. The number of hydrogen-bond donors (Lipinski definition) is 1. The van der Waals surface area contributed by atoms with E-state index in [-0.39, 0.29) is 29.0 Å². The normalized spacial score (nSPS) is 22.6. The highest BCUT2D eigenvalue weighted by atomic mass is 16.5. The summed E-state index contributed by atoms with van der Waals surface area (Å²) in [4.78, 5) is 12.7. The van der Waals surface area contributed by atoms with E-state index in [0.29, 0.717) is 12.3 Å². The van der Waals surface area contributed by atoms with Crippen LogP contribution in [-0.2, 0) is 9.53 Å². The van der Waals surface area contributed by atoms with Gasteiger partial charge in [-0.25, -0.2) is 0 Å². The van der Waals surface area contributed by atoms with Gasteiger partial charge in [0, 0.05) is 12.3 Å². The van der Waals surface area contributed by atoms with Crippen LogP contribution in [0.1, 0.15) is 172 Å². The van der Waals surface area contributed by atoms with E-state index in [9.17, 15) is 9.90 Å². The van der Waals surface area contributed by atoms with Gasteiger partial charge in [-0.2, -0.15) is 0 Å². The summed E-state index contributed by atoms with van der Waals surface area (Å²) in [5.74, 6) is 0.257. The van der Waals surface area contributed by atoms with Crippen LogP contribution in [0.3, 0.4) is 0 Å². The maximum atomic E-state index is 12.7. The van der Waals surface area contributed by atoms with Crippen molar-refractivity contribution >= 4 is 5.97 Å². The van der Waals surface area contributed by atoms with Gasteiger partial charge in [0.2, 0.25) is 0 Å². The zero-order valence-electron chi connectivity index (χ0n) is 38.3. The lowest BCUT2D eigenvalue weighted by Crippen LogP contribution is -2.34. The topological polar surface area (TPSA) is 46.5 Å². The number of rotatable bonds is 23. The standard InChI is InChI=1S/C54H82O3/c1-12-13-14-15-16-17-18-19-20-21-22-33-52(56)57-49-39-47(7)51(54(10,11)41-49)37-35-45(5)32-26-30-43(3)28-24-23-27-42(2)29-25-31-44(4)34-36-50-46(6)38-48(55)40-53(50,8)9/h23-32,34-37,39,48-49,51,55H,12-22,33,38,40-41H2,1-11H3/b24-23+,29-25+,30-26+,36-34+,37-35+,42-27+,43-28+,44-31+,45-32+. The number of aliphatic hydroxyl groups is 1. The molecule has 3 nitrogen and oxygen atoms in total. The van der Waals surface area contributed by atoms with E-state index in [1.165, 1.54) is 96.8 Å². The predicted octanol–water partition coefficient (Wildman–Crippen LogP) is 15.7. The van der Waals surface area contributed by atoms with Gasteiger partial charge in [-0.3, -0.25) is 4.79 Å². The Balaban J connectivity index is 1.79. The summed E-state index contributed by atoms with van der Waals surface area (Å²) in [5, 5.41) is 10.2. The molecule has 2 rings (SSSR count). The fourth-order valence-corrected chi connectivity index (χ4v) is 8.35. The summed E-state index contributed by atoms with van der Waals surface area (Å²) in [7, 11) is 0. The number of ether oxygens (including phenoxy) is 1. The third kappa shape index (κ3) is 20.7. The van der Waals surface area contributed by atoms with Crippen molar-refractivity contribution in [2.75, 3.05) is 0 Å². The third-order valence-electron chi connectivity index (χ3n) is 11.6. The minimum absolute atomic E-state index is 0.00266. The van der Waals surface area contributed by atoms with E-state index in [1.54, 1.807) is 0 Å². The highest BCUT2D eigenvalue weighted by molar-refractivity contribution is 5.69. The Morgan fingerprint density at radius 3 is 1.72 bits per heavy atom. The molecule has 316 valence electrons. The Morgan fingerprint density at radius 2 is 1.19 bits per heavy atom. The van der Waals surface area contributed by atoms with E-state index < -0.39 is 0 Å². The first kappa shape index (κ1) is 49.7. The van der Waals surface area contributed by atoms with E-state index in [4.69, 9.17) is 4.74 Å². The molecular weight excluding hydrogens is 697 g/mol. The van der Waals surface area contributed by atoms with Crippen LogP contribution in [0.25, 0.3) is 0 Å². The SMILES string of the molecule is CCCCCCCCCCCCCC(=O)OC1C=C(C)C(/C=C/C(C)=C/C=C/C(C)=C/C=C/C=C(C)/C=C/C=C(C)/C=C/C2=C(C)CC(O)CC2(C)C)C(C)(C)C1. The van der Waals surface area contributed by atoms with Gasteiger partial charge >= 0.3 is 5.97 Å². The van der Waals surface area contributed by atoms with Gasteiger partial charge in [0.25, 0.3) is 0 Å². The molecule has 0 fully saturated rings. The van der Waals surface area contributed by atoms with Gasteiger partial charge in [-0.15, -0.1) is 0 Å². The van der Waals surface area contributed by atoms with E-state index in [1.807, 2.05) is 0 Å². The van der Waals surface area contributed by atoms with Crippen LogP contribution in [0.15, 0.2) is 130 Å². The molecule has 0 aromatic rings. The highest BCUT2D eigenvalue weighted by Crippen LogP contribution is 2.43. The molecule has 2 aliphatic carbocycles. The maximum absolute atomic E-state index is 12.7. The van der Waals surface area contributed by atoms with Crippen molar-refractivity contribution in [2.24, 2.45) is 16.7 Å².